The number of methoxy groups -OCH3 is 1. The largest absolute Gasteiger partial charge is 0.497 e. The van der Waals surface area contributed by atoms with E-state index >= 15 is 0 Å². The minimum Gasteiger partial charge on any atom is -0.497 e. The van der Waals surface area contributed by atoms with E-state index in [2.05, 4.69) is 5.32 Å². The molecule has 1 atom stereocenters. The van der Waals surface area contributed by atoms with Crippen molar-refractivity contribution in [3.63, 3.8) is 0 Å². The number of hydrogen-bond acceptors (Lipinski definition) is 3. The Kier molecular flexibility index (Phi) is 6.83. The second kappa shape index (κ2) is 9.08. The number of primary amides is 1. The molecule has 0 heterocycles. The maximum atomic E-state index is 12.1. The third-order valence-corrected chi connectivity index (χ3v) is 3.92. The van der Waals surface area contributed by atoms with Gasteiger partial charge in [0, 0.05) is 11.4 Å². The Balaban J connectivity index is 1.92. The van der Waals surface area contributed by atoms with Crippen LogP contribution in [0.5, 0.6) is 5.75 Å². The molecule has 0 fully saturated rings. The second-order valence-electron chi connectivity index (χ2n) is 5.55. The summed E-state index contributed by atoms with van der Waals surface area (Å²) in [7, 11) is 1.57. The number of ether oxygens (including phenoxy) is 1. The normalized spacial score (nSPS) is 11.6. The summed E-state index contributed by atoms with van der Waals surface area (Å²) in [6.45, 7) is 0. The van der Waals surface area contributed by atoms with E-state index in [1.807, 2.05) is 24.3 Å². The zero-order valence-electron chi connectivity index (χ0n) is 13.9. The molecule has 0 spiro atoms. The van der Waals surface area contributed by atoms with Gasteiger partial charge in [-0.15, -0.1) is 0 Å². The number of rotatable bonds is 8. The number of carbonyl (C=O) groups is 2. The number of benzene rings is 2. The van der Waals surface area contributed by atoms with Crippen molar-refractivity contribution < 1.29 is 14.3 Å². The Hall–Kier alpha value is -2.53. The number of carbonyl (C=O) groups excluding carboxylic acids is 2. The summed E-state index contributed by atoms with van der Waals surface area (Å²) >= 11 is 5.83. The molecule has 3 N–H and O–H groups in total. The van der Waals surface area contributed by atoms with Crippen LogP contribution in [0.25, 0.3) is 0 Å². The average molecular weight is 360 g/mol. The molecule has 0 aliphatic heterocycles. The minimum atomic E-state index is -0.791. The van der Waals surface area contributed by atoms with E-state index in [-0.39, 0.29) is 5.91 Å². The van der Waals surface area contributed by atoms with Crippen molar-refractivity contribution in [2.45, 2.75) is 18.9 Å². The summed E-state index contributed by atoms with van der Waals surface area (Å²) in [6, 6.07) is 13.7. The van der Waals surface area contributed by atoms with Crippen molar-refractivity contribution in [1.82, 2.24) is 5.32 Å². The molecule has 5 nitrogen and oxygen atoms in total. The van der Waals surface area contributed by atoms with Crippen LogP contribution < -0.4 is 15.8 Å². The van der Waals surface area contributed by atoms with Gasteiger partial charge in [-0.1, -0.05) is 35.9 Å². The number of nitrogens with two attached hydrogens (primary N) is 1. The quantitative estimate of drug-likeness (QED) is 0.758. The van der Waals surface area contributed by atoms with Crippen LogP contribution in [0.4, 0.5) is 0 Å². The zero-order valence-corrected chi connectivity index (χ0v) is 14.6. The van der Waals surface area contributed by atoms with E-state index in [1.165, 1.54) is 6.42 Å². The van der Waals surface area contributed by atoms with Gasteiger partial charge in [0.15, 0.2) is 0 Å². The lowest BCUT2D eigenvalue weighted by molar-refractivity contribution is -0.125. The fourth-order valence-electron chi connectivity index (χ4n) is 2.32. The van der Waals surface area contributed by atoms with Gasteiger partial charge in [0.2, 0.25) is 11.8 Å². The van der Waals surface area contributed by atoms with E-state index < -0.39 is 11.9 Å². The fraction of sp³-hybridized carbons (Fsp3) is 0.211. The molecule has 2 aromatic carbocycles. The van der Waals surface area contributed by atoms with E-state index in [9.17, 15) is 9.59 Å². The highest BCUT2D eigenvalue weighted by atomic mass is 35.5. The molecule has 1 radical (unpaired) electrons. The van der Waals surface area contributed by atoms with Crippen LogP contribution >= 0.6 is 11.6 Å². The molecule has 25 heavy (non-hydrogen) atoms. The lowest BCUT2D eigenvalue weighted by atomic mass is 10.0. The van der Waals surface area contributed by atoms with Crippen molar-refractivity contribution >= 4 is 23.4 Å². The third kappa shape index (κ3) is 6.12. The summed E-state index contributed by atoms with van der Waals surface area (Å²) < 4.78 is 5.15. The molecule has 0 bridgehead atoms. The molecule has 2 rings (SSSR count). The Labute approximate surface area is 152 Å². The summed E-state index contributed by atoms with van der Waals surface area (Å²) in [6.07, 6.45) is 2.21. The van der Waals surface area contributed by atoms with E-state index in [4.69, 9.17) is 22.1 Å². The van der Waals surface area contributed by atoms with E-state index in [0.29, 0.717) is 23.6 Å². The Morgan fingerprint density at radius 3 is 2.56 bits per heavy atom. The molecule has 0 aliphatic carbocycles. The highest BCUT2D eigenvalue weighted by Crippen LogP contribution is 2.14. The summed E-state index contributed by atoms with van der Waals surface area (Å²) in [4.78, 5) is 23.7. The first kappa shape index (κ1) is 18.8. The number of halogens is 1. The van der Waals surface area contributed by atoms with Crippen molar-refractivity contribution in [3.8, 4) is 5.75 Å². The van der Waals surface area contributed by atoms with E-state index in [0.717, 1.165) is 11.1 Å². The number of amides is 2. The van der Waals surface area contributed by atoms with Crippen molar-refractivity contribution in [2.24, 2.45) is 5.73 Å². The standard InChI is InChI=1S/C19H20ClN2O3/c1-25-16-4-2-3-14(11-16)12-17(19(21)24)22-18(23)10-7-13-5-8-15(20)9-6-13/h2-6,8-11,17H,7,12H2,1H3,(H2,21,24)(H,22,23)/t17-/m0/s1. The van der Waals surface area contributed by atoms with Gasteiger partial charge in [0.25, 0.3) is 0 Å². The number of hydrogen-bond donors (Lipinski definition) is 2. The van der Waals surface area contributed by atoms with Crippen LogP contribution in [0.1, 0.15) is 11.1 Å². The summed E-state index contributed by atoms with van der Waals surface area (Å²) in [5.41, 5.74) is 7.21. The third-order valence-electron chi connectivity index (χ3n) is 3.67. The van der Waals surface area contributed by atoms with Crippen molar-refractivity contribution in [3.05, 3.63) is 71.1 Å². The molecule has 2 aromatic rings. The van der Waals surface area contributed by atoms with Gasteiger partial charge in [-0.2, -0.15) is 0 Å². The number of nitrogens with one attached hydrogen (secondary N) is 1. The Morgan fingerprint density at radius 1 is 1.20 bits per heavy atom. The van der Waals surface area contributed by atoms with Crippen molar-refractivity contribution in [1.29, 1.82) is 0 Å². The summed E-state index contributed by atoms with van der Waals surface area (Å²) in [5.74, 6) is -0.251. The maximum Gasteiger partial charge on any atom is 0.240 e. The molecule has 2 amide bonds. The molecule has 0 saturated carbocycles. The van der Waals surface area contributed by atoms with Gasteiger partial charge in [0.1, 0.15) is 11.8 Å². The first-order valence-corrected chi connectivity index (χ1v) is 8.16. The van der Waals surface area contributed by atoms with Crippen LogP contribution in [-0.4, -0.2) is 25.0 Å². The highest BCUT2D eigenvalue weighted by Gasteiger charge is 2.19. The van der Waals surface area contributed by atoms with Gasteiger partial charge < -0.3 is 15.8 Å². The zero-order chi connectivity index (χ0) is 18.2. The molecule has 6 heteroatoms. The topological polar surface area (TPSA) is 81.4 Å². The predicted molar refractivity (Wildman–Crippen MR) is 97.3 cm³/mol. The van der Waals surface area contributed by atoms with Gasteiger partial charge >= 0.3 is 0 Å². The van der Waals surface area contributed by atoms with Gasteiger partial charge in [-0.3, -0.25) is 9.59 Å². The molecule has 0 aromatic heterocycles. The molecule has 0 saturated heterocycles. The van der Waals surface area contributed by atoms with Gasteiger partial charge in [0.05, 0.1) is 13.5 Å². The average Bonchev–Trinajstić information content (AvgIpc) is 2.60. The molecule has 0 aliphatic rings. The highest BCUT2D eigenvalue weighted by molar-refractivity contribution is 6.30. The summed E-state index contributed by atoms with van der Waals surface area (Å²) in [5, 5.41) is 3.29. The Bertz CT molecular complexity index is 732. The minimum absolute atomic E-state index is 0.299. The first-order valence-electron chi connectivity index (χ1n) is 7.78. The predicted octanol–water partition coefficient (Wildman–Crippen LogP) is 2.31. The van der Waals surface area contributed by atoms with Crippen LogP contribution in [0.3, 0.4) is 0 Å². The SMILES string of the molecule is COc1cccc(C[C@H](NC(=O)[CH]Cc2ccc(Cl)cc2)C(N)=O)c1. The van der Waals surface area contributed by atoms with Crippen LogP contribution in [0.2, 0.25) is 5.02 Å². The lowest BCUT2D eigenvalue weighted by Crippen LogP contribution is -2.46. The fourth-order valence-corrected chi connectivity index (χ4v) is 2.45. The van der Waals surface area contributed by atoms with Gasteiger partial charge in [-0.05, 0) is 41.8 Å². The van der Waals surface area contributed by atoms with Crippen LogP contribution in [0, 0.1) is 6.42 Å². The van der Waals surface area contributed by atoms with Crippen LogP contribution in [-0.2, 0) is 22.4 Å². The maximum absolute atomic E-state index is 12.1. The van der Waals surface area contributed by atoms with E-state index in [1.54, 1.807) is 31.4 Å². The van der Waals surface area contributed by atoms with Crippen LogP contribution in [0.15, 0.2) is 48.5 Å². The first-order chi connectivity index (χ1) is 12.0. The molecular formula is C19H20ClN2O3. The Morgan fingerprint density at radius 2 is 1.92 bits per heavy atom. The second-order valence-corrected chi connectivity index (χ2v) is 5.99. The lowest BCUT2D eigenvalue weighted by Gasteiger charge is -2.16. The van der Waals surface area contributed by atoms with Gasteiger partial charge in [-0.25, -0.2) is 0 Å². The monoisotopic (exact) mass is 359 g/mol. The molecular weight excluding hydrogens is 340 g/mol. The molecule has 131 valence electrons. The molecule has 0 unspecified atom stereocenters. The van der Waals surface area contributed by atoms with Crippen molar-refractivity contribution in [2.75, 3.05) is 7.11 Å². The smallest absolute Gasteiger partial charge is 0.240 e.